The Balaban J connectivity index is 2.17. The molecular formula is C18H16O3. The maximum absolute atomic E-state index is 12.0. The van der Waals surface area contributed by atoms with E-state index in [0.29, 0.717) is 0 Å². The average molecular weight is 280 g/mol. The Labute approximate surface area is 123 Å². The molecule has 3 rings (SSSR count). The summed E-state index contributed by atoms with van der Waals surface area (Å²) in [6.45, 7) is 2.00. The molecule has 2 aromatic rings. The predicted octanol–water partition coefficient (Wildman–Crippen LogP) is 3.14. The van der Waals surface area contributed by atoms with Crippen LogP contribution in [-0.4, -0.2) is 11.8 Å². The van der Waals surface area contributed by atoms with E-state index in [1.165, 1.54) is 0 Å². The molecule has 0 N–H and O–H groups in total. The summed E-state index contributed by atoms with van der Waals surface area (Å²) in [5.74, 6) is -0.550. The van der Waals surface area contributed by atoms with E-state index in [1.54, 1.807) is 0 Å². The lowest BCUT2D eigenvalue weighted by Gasteiger charge is -2.37. The minimum Gasteiger partial charge on any atom is -0.448 e. The molecule has 0 saturated carbocycles. The number of hydrogen-bond donors (Lipinski definition) is 0. The number of cyclic esters (lactones) is 1. The fraction of sp³-hybridized carbons (Fsp3) is 0.222. The zero-order valence-corrected chi connectivity index (χ0v) is 11.8. The van der Waals surface area contributed by atoms with Crippen molar-refractivity contribution in [3.63, 3.8) is 0 Å². The van der Waals surface area contributed by atoms with Crippen LogP contribution >= 0.6 is 0 Å². The van der Waals surface area contributed by atoms with Crippen LogP contribution in [0.2, 0.25) is 0 Å². The van der Waals surface area contributed by atoms with Crippen LogP contribution in [0.5, 0.6) is 0 Å². The Hall–Kier alpha value is -2.42. The molecular weight excluding hydrogens is 264 g/mol. The number of esters is 1. The first-order chi connectivity index (χ1) is 10.1. The molecule has 3 heteroatoms. The molecule has 2 aromatic carbocycles. The minimum absolute atomic E-state index is 0.0873. The first kappa shape index (κ1) is 13.6. The number of hydrogen-bond acceptors (Lipinski definition) is 3. The van der Waals surface area contributed by atoms with Gasteiger partial charge in [0.05, 0.1) is 6.42 Å². The van der Waals surface area contributed by atoms with Crippen molar-refractivity contribution >= 4 is 11.8 Å². The molecule has 3 nitrogen and oxygen atoms in total. The van der Waals surface area contributed by atoms with E-state index < -0.39 is 11.6 Å². The van der Waals surface area contributed by atoms with Gasteiger partial charge in [-0.2, -0.15) is 0 Å². The van der Waals surface area contributed by atoms with Crippen molar-refractivity contribution in [2.24, 2.45) is 0 Å². The summed E-state index contributed by atoms with van der Waals surface area (Å²) >= 11 is 0. The molecule has 1 unspecified atom stereocenters. The van der Waals surface area contributed by atoms with Crippen molar-refractivity contribution in [3.8, 4) is 0 Å². The van der Waals surface area contributed by atoms with Gasteiger partial charge in [0.15, 0.2) is 5.60 Å². The zero-order chi connectivity index (χ0) is 14.9. The van der Waals surface area contributed by atoms with Gasteiger partial charge in [-0.25, -0.2) is 0 Å². The highest BCUT2D eigenvalue weighted by Crippen LogP contribution is 2.40. The van der Waals surface area contributed by atoms with Crippen LogP contribution in [0.4, 0.5) is 0 Å². The van der Waals surface area contributed by atoms with Gasteiger partial charge in [-0.05, 0) is 6.92 Å². The van der Waals surface area contributed by atoms with E-state index in [-0.39, 0.29) is 18.6 Å². The van der Waals surface area contributed by atoms with E-state index in [2.05, 4.69) is 0 Å². The molecule has 1 saturated heterocycles. The predicted molar refractivity (Wildman–Crippen MR) is 78.7 cm³/mol. The Morgan fingerprint density at radius 1 is 0.905 bits per heavy atom. The Bertz CT molecular complexity index is 655. The number of aryl methyl sites for hydroxylation is 1. The van der Waals surface area contributed by atoms with Crippen molar-refractivity contribution in [2.45, 2.75) is 25.4 Å². The number of carbonyl (C=O) groups is 2. The van der Waals surface area contributed by atoms with Crippen molar-refractivity contribution in [2.75, 3.05) is 0 Å². The van der Waals surface area contributed by atoms with Gasteiger partial charge >= 0.3 is 5.97 Å². The van der Waals surface area contributed by atoms with Crippen molar-refractivity contribution in [3.05, 3.63) is 71.3 Å². The second kappa shape index (κ2) is 5.17. The summed E-state index contributed by atoms with van der Waals surface area (Å²) in [4.78, 5) is 23.9. The van der Waals surface area contributed by atoms with Crippen LogP contribution in [0, 0.1) is 6.92 Å². The number of benzene rings is 2. The molecule has 0 radical (unpaired) electrons. The molecule has 1 aliphatic heterocycles. The zero-order valence-electron chi connectivity index (χ0n) is 11.8. The Morgan fingerprint density at radius 3 is 2.14 bits per heavy atom. The summed E-state index contributed by atoms with van der Waals surface area (Å²) in [5, 5.41) is 0. The van der Waals surface area contributed by atoms with Crippen molar-refractivity contribution < 1.29 is 14.3 Å². The van der Waals surface area contributed by atoms with Crippen LogP contribution in [0.25, 0.3) is 0 Å². The number of ether oxygens (including phenoxy) is 1. The highest BCUT2D eigenvalue weighted by Gasteiger charge is 2.44. The van der Waals surface area contributed by atoms with Gasteiger partial charge in [0.25, 0.3) is 0 Å². The number of Topliss-reactive ketones (excluding diaryl/α,β-unsaturated/α-hetero) is 1. The fourth-order valence-electron chi connectivity index (χ4n) is 2.79. The minimum atomic E-state index is -0.999. The first-order valence-electron chi connectivity index (χ1n) is 6.96. The fourth-order valence-corrected chi connectivity index (χ4v) is 2.79. The lowest BCUT2D eigenvalue weighted by atomic mass is 9.80. The molecule has 0 aromatic heterocycles. The van der Waals surface area contributed by atoms with Crippen LogP contribution in [0.15, 0.2) is 54.6 Å². The van der Waals surface area contributed by atoms with E-state index in [4.69, 9.17) is 4.74 Å². The maximum atomic E-state index is 12.0. The lowest BCUT2D eigenvalue weighted by Crippen LogP contribution is -2.41. The van der Waals surface area contributed by atoms with E-state index >= 15 is 0 Å². The van der Waals surface area contributed by atoms with Crippen LogP contribution < -0.4 is 0 Å². The summed E-state index contributed by atoms with van der Waals surface area (Å²) in [7, 11) is 0. The Kier molecular flexibility index (Phi) is 3.34. The van der Waals surface area contributed by atoms with E-state index in [0.717, 1.165) is 16.7 Å². The summed E-state index contributed by atoms with van der Waals surface area (Å²) in [6.07, 6.45) is 0.0479. The highest BCUT2D eigenvalue weighted by molar-refractivity contribution is 5.99. The Morgan fingerprint density at radius 2 is 1.52 bits per heavy atom. The standard InChI is InChI=1S/C18H16O3/c1-13-7-9-15(10-8-13)18(14-5-3-2-4-6-14)12-16(19)11-17(20)21-18/h2-10H,11-12H2,1H3. The molecule has 1 fully saturated rings. The van der Waals surface area contributed by atoms with Gasteiger partial charge in [-0.15, -0.1) is 0 Å². The van der Waals surface area contributed by atoms with Gasteiger partial charge in [0.2, 0.25) is 0 Å². The van der Waals surface area contributed by atoms with E-state index in [1.807, 2.05) is 61.5 Å². The van der Waals surface area contributed by atoms with Gasteiger partial charge in [0.1, 0.15) is 12.2 Å². The highest BCUT2D eigenvalue weighted by atomic mass is 16.6. The molecule has 106 valence electrons. The van der Waals surface area contributed by atoms with Gasteiger partial charge in [-0.3, -0.25) is 9.59 Å². The molecule has 0 aliphatic carbocycles. The quantitative estimate of drug-likeness (QED) is 0.627. The second-order valence-corrected chi connectivity index (χ2v) is 5.43. The number of carbonyl (C=O) groups excluding carboxylic acids is 2. The van der Waals surface area contributed by atoms with Crippen LogP contribution in [-0.2, 0) is 19.9 Å². The third-order valence-electron chi connectivity index (χ3n) is 3.83. The third kappa shape index (κ3) is 2.47. The summed E-state index contributed by atoms with van der Waals surface area (Å²) < 4.78 is 5.70. The largest absolute Gasteiger partial charge is 0.448 e. The van der Waals surface area contributed by atoms with Gasteiger partial charge in [0, 0.05) is 11.1 Å². The molecule has 1 heterocycles. The molecule has 0 amide bonds. The lowest BCUT2D eigenvalue weighted by molar-refractivity contribution is -0.166. The van der Waals surface area contributed by atoms with E-state index in [9.17, 15) is 9.59 Å². The summed E-state index contributed by atoms with van der Waals surface area (Å²) in [5.41, 5.74) is 1.79. The van der Waals surface area contributed by atoms with Crippen molar-refractivity contribution in [1.29, 1.82) is 0 Å². The van der Waals surface area contributed by atoms with Gasteiger partial charge in [-0.1, -0.05) is 60.2 Å². The van der Waals surface area contributed by atoms with Crippen LogP contribution in [0.1, 0.15) is 29.5 Å². The number of ketones is 1. The molecule has 1 aliphatic rings. The topological polar surface area (TPSA) is 43.4 Å². The summed E-state index contributed by atoms with van der Waals surface area (Å²) in [6, 6.07) is 17.2. The monoisotopic (exact) mass is 280 g/mol. The molecule has 21 heavy (non-hydrogen) atoms. The van der Waals surface area contributed by atoms with Crippen molar-refractivity contribution in [1.82, 2.24) is 0 Å². The molecule has 0 bridgehead atoms. The number of rotatable bonds is 2. The molecule has 0 spiro atoms. The maximum Gasteiger partial charge on any atom is 0.314 e. The third-order valence-corrected chi connectivity index (χ3v) is 3.83. The normalized spacial score (nSPS) is 22.0. The smallest absolute Gasteiger partial charge is 0.314 e. The average Bonchev–Trinajstić information content (AvgIpc) is 2.47. The molecule has 1 atom stereocenters. The first-order valence-corrected chi connectivity index (χ1v) is 6.96. The SMILES string of the molecule is Cc1ccc(C2(c3ccccc3)CC(=O)CC(=O)O2)cc1. The van der Waals surface area contributed by atoms with Crippen LogP contribution in [0.3, 0.4) is 0 Å². The second-order valence-electron chi connectivity index (χ2n) is 5.43. The van der Waals surface area contributed by atoms with Gasteiger partial charge < -0.3 is 4.74 Å².